The molecular formula is C15H21N3O4. The predicted octanol–water partition coefficient (Wildman–Crippen LogP) is 0.690. The fourth-order valence-corrected chi connectivity index (χ4v) is 2.29. The Kier molecular flexibility index (Phi) is 5.60. The first-order valence-electron chi connectivity index (χ1n) is 7.25. The lowest BCUT2D eigenvalue weighted by molar-refractivity contribution is -0.119. The summed E-state index contributed by atoms with van der Waals surface area (Å²) in [6, 6.07) is 4.79. The van der Waals surface area contributed by atoms with Crippen molar-refractivity contribution in [3.63, 3.8) is 0 Å². The van der Waals surface area contributed by atoms with Gasteiger partial charge in [-0.05, 0) is 31.0 Å². The number of carbonyl (C=O) groups excluding carboxylic acids is 2. The summed E-state index contributed by atoms with van der Waals surface area (Å²) < 4.78 is 10.4. The Labute approximate surface area is 129 Å². The highest BCUT2D eigenvalue weighted by atomic mass is 16.5. The summed E-state index contributed by atoms with van der Waals surface area (Å²) in [6.45, 7) is 1.49. The lowest BCUT2D eigenvalue weighted by atomic mass is 10.1. The van der Waals surface area contributed by atoms with E-state index in [2.05, 4.69) is 5.43 Å². The maximum atomic E-state index is 12.2. The zero-order valence-electron chi connectivity index (χ0n) is 12.6. The van der Waals surface area contributed by atoms with Gasteiger partial charge in [-0.3, -0.25) is 15.0 Å². The number of nitrogens with one attached hydrogen (secondary N) is 1. The molecule has 0 atom stereocenters. The van der Waals surface area contributed by atoms with Crippen molar-refractivity contribution in [1.29, 1.82) is 0 Å². The minimum atomic E-state index is -0.575. The van der Waals surface area contributed by atoms with Crippen molar-refractivity contribution in [2.75, 3.05) is 26.8 Å². The zero-order valence-corrected chi connectivity index (χ0v) is 12.6. The average molecular weight is 307 g/mol. The number of nitrogens with two attached hydrogens (primary N) is 1. The first kappa shape index (κ1) is 16.1. The number of rotatable bonds is 6. The van der Waals surface area contributed by atoms with Crippen LogP contribution in [-0.4, -0.2) is 43.6 Å². The van der Waals surface area contributed by atoms with Crippen molar-refractivity contribution >= 4 is 11.8 Å². The molecule has 22 heavy (non-hydrogen) atoms. The Morgan fingerprint density at radius 2 is 1.95 bits per heavy atom. The van der Waals surface area contributed by atoms with E-state index in [1.807, 2.05) is 5.01 Å². The molecule has 120 valence electrons. The van der Waals surface area contributed by atoms with Crippen LogP contribution in [0.4, 0.5) is 0 Å². The second-order valence-electron chi connectivity index (χ2n) is 5.11. The second-order valence-corrected chi connectivity index (χ2v) is 5.11. The Morgan fingerprint density at radius 1 is 1.23 bits per heavy atom. The van der Waals surface area contributed by atoms with Crippen LogP contribution in [0.15, 0.2) is 18.2 Å². The minimum absolute atomic E-state index is 0.193. The van der Waals surface area contributed by atoms with Gasteiger partial charge in [0.1, 0.15) is 0 Å². The van der Waals surface area contributed by atoms with Crippen LogP contribution in [0.1, 0.15) is 29.6 Å². The van der Waals surface area contributed by atoms with E-state index in [4.69, 9.17) is 15.2 Å². The van der Waals surface area contributed by atoms with E-state index in [9.17, 15) is 9.59 Å². The van der Waals surface area contributed by atoms with E-state index in [-0.39, 0.29) is 12.5 Å². The molecule has 1 heterocycles. The Hall–Kier alpha value is -2.28. The number of primary amides is 1. The molecule has 3 N–H and O–H groups in total. The fourth-order valence-electron chi connectivity index (χ4n) is 2.29. The Balaban J connectivity index is 2.04. The summed E-state index contributed by atoms with van der Waals surface area (Å²) in [5, 5.41) is 1.93. The van der Waals surface area contributed by atoms with E-state index in [0.29, 0.717) is 17.1 Å². The smallest absolute Gasteiger partial charge is 0.265 e. The van der Waals surface area contributed by atoms with Gasteiger partial charge >= 0.3 is 0 Å². The standard InChI is InChI=1S/C15H21N3O4/c1-21-13-9-11(5-6-12(13)22-10-14(16)19)15(20)17-18-7-3-2-4-8-18/h5-6,9H,2-4,7-8,10H2,1H3,(H2,16,19)(H,17,20). The SMILES string of the molecule is COc1cc(C(=O)NN2CCCCC2)ccc1OCC(N)=O. The number of hydrogen-bond donors (Lipinski definition) is 2. The largest absolute Gasteiger partial charge is 0.493 e. The molecule has 0 unspecified atom stereocenters. The minimum Gasteiger partial charge on any atom is -0.493 e. The predicted molar refractivity (Wildman–Crippen MR) is 80.6 cm³/mol. The summed E-state index contributed by atoms with van der Waals surface area (Å²) in [5.41, 5.74) is 8.39. The third-order valence-electron chi connectivity index (χ3n) is 3.41. The number of hydrazine groups is 1. The Morgan fingerprint density at radius 3 is 2.59 bits per heavy atom. The molecule has 0 spiro atoms. The number of ether oxygens (including phenoxy) is 2. The molecule has 0 aliphatic carbocycles. The highest BCUT2D eigenvalue weighted by molar-refractivity contribution is 5.94. The molecule has 0 radical (unpaired) electrons. The molecule has 1 saturated heterocycles. The number of methoxy groups -OCH3 is 1. The topological polar surface area (TPSA) is 93.9 Å². The normalized spacial score (nSPS) is 15.1. The summed E-state index contributed by atoms with van der Waals surface area (Å²) >= 11 is 0. The van der Waals surface area contributed by atoms with Crippen molar-refractivity contribution in [2.24, 2.45) is 5.73 Å². The highest BCUT2D eigenvalue weighted by Crippen LogP contribution is 2.28. The second kappa shape index (κ2) is 7.65. The van der Waals surface area contributed by atoms with E-state index >= 15 is 0 Å². The van der Waals surface area contributed by atoms with Crippen molar-refractivity contribution in [3.8, 4) is 11.5 Å². The van der Waals surface area contributed by atoms with Crippen molar-refractivity contribution in [1.82, 2.24) is 10.4 Å². The van der Waals surface area contributed by atoms with Crippen LogP contribution in [0.25, 0.3) is 0 Å². The van der Waals surface area contributed by atoms with Gasteiger partial charge < -0.3 is 15.2 Å². The van der Waals surface area contributed by atoms with Gasteiger partial charge in [-0.15, -0.1) is 0 Å². The molecule has 1 fully saturated rings. The number of benzene rings is 1. The number of nitrogens with zero attached hydrogens (tertiary/aromatic N) is 1. The molecule has 7 heteroatoms. The van der Waals surface area contributed by atoms with E-state index in [1.54, 1.807) is 18.2 Å². The summed E-state index contributed by atoms with van der Waals surface area (Å²) in [4.78, 5) is 23.0. The highest BCUT2D eigenvalue weighted by Gasteiger charge is 2.16. The van der Waals surface area contributed by atoms with Crippen molar-refractivity contribution in [2.45, 2.75) is 19.3 Å². The molecule has 1 aliphatic rings. The van der Waals surface area contributed by atoms with E-state index < -0.39 is 5.91 Å². The van der Waals surface area contributed by atoms with Crippen LogP contribution in [0.2, 0.25) is 0 Å². The van der Waals surface area contributed by atoms with E-state index in [1.165, 1.54) is 13.5 Å². The number of amides is 2. The number of hydrogen-bond acceptors (Lipinski definition) is 5. The first-order chi connectivity index (χ1) is 10.6. The number of piperidine rings is 1. The van der Waals surface area contributed by atoms with E-state index in [0.717, 1.165) is 25.9 Å². The van der Waals surface area contributed by atoms with Gasteiger partial charge in [0.05, 0.1) is 7.11 Å². The molecule has 1 aromatic carbocycles. The molecule has 0 saturated carbocycles. The Bertz CT molecular complexity index is 542. The first-order valence-corrected chi connectivity index (χ1v) is 7.25. The van der Waals surface area contributed by atoms with Crippen LogP contribution in [0, 0.1) is 0 Å². The van der Waals surface area contributed by atoms with Gasteiger partial charge in [-0.2, -0.15) is 0 Å². The number of carbonyl (C=O) groups is 2. The molecule has 0 aromatic heterocycles. The van der Waals surface area contributed by atoms with Crippen LogP contribution < -0.4 is 20.6 Å². The molecular weight excluding hydrogens is 286 g/mol. The van der Waals surface area contributed by atoms with Crippen LogP contribution in [0.3, 0.4) is 0 Å². The van der Waals surface area contributed by atoms with Crippen LogP contribution in [-0.2, 0) is 4.79 Å². The van der Waals surface area contributed by atoms with Gasteiger partial charge in [-0.1, -0.05) is 6.42 Å². The lowest BCUT2D eigenvalue weighted by Gasteiger charge is -2.26. The third kappa shape index (κ3) is 4.36. The molecule has 7 nitrogen and oxygen atoms in total. The lowest BCUT2D eigenvalue weighted by Crippen LogP contribution is -2.45. The van der Waals surface area contributed by atoms with Crippen molar-refractivity contribution in [3.05, 3.63) is 23.8 Å². The molecule has 0 bridgehead atoms. The summed E-state index contributed by atoms with van der Waals surface area (Å²) in [5.74, 6) is -0.0148. The quantitative estimate of drug-likeness (QED) is 0.806. The van der Waals surface area contributed by atoms with Gasteiger partial charge in [0.25, 0.3) is 11.8 Å². The van der Waals surface area contributed by atoms with Crippen LogP contribution >= 0.6 is 0 Å². The maximum absolute atomic E-state index is 12.2. The third-order valence-corrected chi connectivity index (χ3v) is 3.41. The van der Waals surface area contributed by atoms with Gasteiger partial charge in [0.15, 0.2) is 18.1 Å². The van der Waals surface area contributed by atoms with Gasteiger partial charge in [0, 0.05) is 18.7 Å². The summed E-state index contributed by atoms with van der Waals surface area (Å²) in [6.07, 6.45) is 3.37. The van der Waals surface area contributed by atoms with Gasteiger partial charge in [-0.25, -0.2) is 5.01 Å². The van der Waals surface area contributed by atoms with Crippen LogP contribution in [0.5, 0.6) is 11.5 Å². The maximum Gasteiger partial charge on any atom is 0.265 e. The molecule has 2 amide bonds. The van der Waals surface area contributed by atoms with Crippen molar-refractivity contribution < 1.29 is 19.1 Å². The molecule has 2 rings (SSSR count). The fraction of sp³-hybridized carbons (Fsp3) is 0.467. The summed E-state index contributed by atoms with van der Waals surface area (Å²) in [7, 11) is 1.47. The molecule has 1 aromatic rings. The monoisotopic (exact) mass is 307 g/mol. The zero-order chi connectivity index (χ0) is 15.9. The van der Waals surface area contributed by atoms with Gasteiger partial charge in [0.2, 0.25) is 0 Å². The molecule has 1 aliphatic heterocycles. The average Bonchev–Trinajstić information content (AvgIpc) is 2.53.